The molecule has 8 amide bonds. The molecule has 5 aliphatic heterocycles. The zero-order chi connectivity index (χ0) is 45.5. The van der Waals surface area contributed by atoms with Crippen molar-refractivity contribution in [1.29, 1.82) is 0 Å². The van der Waals surface area contributed by atoms with Crippen LogP contribution in [0.25, 0.3) is 0 Å². The van der Waals surface area contributed by atoms with Gasteiger partial charge in [-0.3, -0.25) is 48.7 Å². The quantitative estimate of drug-likeness (QED) is 0.151. The van der Waals surface area contributed by atoms with Crippen LogP contribution in [-0.4, -0.2) is 133 Å². The van der Waals surface area contributed by atoms with Gasteiger partial charge >= 0.3 is 6.09 Å². The largest absolute Gasteiger partial charge is 0.445 e. The van der Waals surface area contributed by atoms with Crippen molar-refractivity contribution in [2.24, 2.45) is 17.8 Å². The van der Waals surface area contributed by atoms with Crippen molar-refractivity contribution in [3.63, 3.8) is 0 Å². The molecule has 18 heteroatoms. The normalized spacial score (nSPS) is 21.8. The average Bonchev–Trinajstić information content (AvgIpc) is 3.79. The molecule has 4 N–H and O–H groups in total. The van der Waals surface area contributed by atoms with Crippen LogP contribution in [0.3, 0.4) is 0 Å². The van der Waals surface area contributed by atoms with Crippen molar-refractivity contribution in [3.8, 4) is 0 Å². The number of piperazine rings is 1. The second kappa shape index (κ2) is 20.6. The Hall–Kier alpha value is -6.17. The third-order valence-electron chi connectivity index (χ3n) is 12.7. The van der Waals surface area contributed by atoms with Gasteiger partial charge in [-0.25, -0.2) is 9.18 Å². The van der Waals surface area contributed by atoms with E-state index in [1.165, 1.54) is 12.1 Å². The summed E-state index contributed by atoms with van der Waals surface area (Å²) in [5.41, 5.74) is 0.979. The number of fused-ring (bicyclic) bond motifs is 1. The Morgan fingerprint density at radius 2 is 1.58 bits per heavy atom. The number of nitrogens with zero attached hydrogens (tertiary/aromatic N) is 4. The minimum Gasteiger partial charge on any atom is -0.445 e. The summed E-state index contributed by atoms with van der Waals surface area (Å²) in [6.45, 7) is 8.65. The third-order valence-corrected chi connectivity index (χ3v) is 12.7. The highest BCUT2D eigenvalue weighted by Crippen LogP contribution is 2.34. The van der Waals surface area contributed by atoms with Gasteiger partial charge in [-0.2, -0.15) is 0 Å². The maximum Gasteiger partial charge on any atom is 0.408 e. The molecule has 2 aromatic rings. The second-order valence-electron chi connectivity index (χ2n) is 17.7. The first-order valence-electron chi connectivity index (χ1n) is 22.3. The molecule has 4 saturated heterocycles. The molecule has 2 aromatic carbocycles. The van der Waals surface area contributed by atoms with E-state index in [2.05, 4.69) is 26.2 Å². The minimum absolute atomic E-state index is 0.00646. The van der Waals surface area contributed by atoms with Crippen molar-refractivity contribution < 1.29 is 47.5 Å². The molecule has 5 heterocycles. The van der Waals surface area contributed by atoms with Crippen LogP contribution < -0.4 is 26.2 Å². The van der Waals surface area contributed by atoms with E-state index in [1.807, 2.05) is 49.1 Å². The number of alkyl carbamates (subject to hydrolysis) is 1. The first kappa shape index (κ1) is 45.8. The van der Waals surface area contributed by atoms with Crippen molar-refractivity contribution in [1.82, 2.24) is 36.0 Å². The summed E-state index contributed by atoms with van der Waals surface area (Å²) in [6.07, 6.45) is 5.16. The molecule has 0 aromatic heterocycles. The van der Waals surface area contributed by atoms with Crippen LogP contribution in [0.2, 0.25) is 0 Å². The van der Waals surface area contributed by atoms with Gasteiger partial charge in [-0.1, -0.05) is 50.3 Å². The molecule has 4 fully saturated rings. The molecule has 4 atom stereocenters. The smallest absolute Gasteiger partial charge is 0.408 e. The zero-order valence-corrected chi connectivity index (χ0v) is 36.3. The molecule has 0 aliphatic carbocycles. The lowest BCUT2D eigenvalue weighted by Crippen LogP contribution is -2.54. The number of hydrogen-bond acceptors (Lipinski definition) is 11. The summed E-state index contributed by atoms with van der Waals surface area (Å²) >= 11 is 0. The highest BCUT2D eigenvalue weighted by atomic mass is 19.1. The van der Waals surface area contributed by atoms with Gasteiger partial charge in [0, 0.05) is 76.8 Å². The van der Waals surface area contributed by atoms with Crippen LogP contribution in [0.1, 0.15) is 85.1 Å². The van der Waals surface area contributed by atoms with Gasteiger partial charge in [0.05, 0.1) is 16.8 Å². The molecular formula is C46H57FN8O9. The summed E-state index contributed by atoms with van der Waals surface area (Å²) in [5.74, 6) is -3.95. The molecule has 0 bridgehead atoms. The summed E-state index contributed by atoms with van der Waals surface area (Å²) in [5, 5.41) is 10.7. The SMILES string of the molecule is CC(C)C[C@H](NC(=O)OCc1ccccc1)C(=O)N[C@H](/C=C/C(=O)N1CCN(CC2CCN(c3cc4c(cc3F)C(=O)N(C3CCC(=O)NC3=O)C4=O)CC2)CC1)C[C@@H]1CCNC1=O. The Labute approximate surface area is 371 Å². The van der Waals surface area contributed by atoms with Crippen LogP contribution in [-0.2, 0) is 35.3 Å². The number of amides is 8. The highest BCUT2D eigenvalue weighted by molar-refractivity contribution is 6.23. The summed E-state index contributed by atoms with van der Waals surface area (Å²) in [4.78, 5) is 110. The Bertz CT molecular complexity index is 2150. The topological polar surface area (TPSA) is 207 Å². The number of imide groups is 2. The lowest BCUT2D eigenvalue weighted by Gasteiger charge is -2.39. The van der Waals surface area contributed by atoms with Gasteiger partial charge in [0.1, 0.15) is 24.5 Å². The van der Waals surface area contributed by atoms with Gasteiger partial charge in [-0.15, -0.1) is 0 Å². The summed E-state index contributed by atoms with van der Waals surface area (Å²) in [6, 6.07) is 9.01. The highest BCUT2D eigenvalue weighted by Gasteiger charge is 2.45. The Balaban J connectivity index is 0.889. The van der Waals surface area contributed by atoms with Gasteiger partial charge in [0.15, 0.2) is 0 Å². The maximum atomic E-state index is 15.5. The van der Waals surface area contributed by atoms with Crippen LogP contribution >= 0.6 is 0 Å². The molecule has 64 heavy (non-hydrogen) atoms. The molecule has 342 valence electrons. The van der Waals surface area contributed by atoms with E-state index < -0.39 is 59.6 Å². The molecule has 5 aliphatic rings. The van der Waals surface area contributed by atoms with Gasteiger partial charge in [-0.05, 0) is 68.1 Å². The van der Waals surface area contributed by atoms with E-state index in [4.69, 9.17) is 4.74 Å². The number of hydrogen-bond donors (Lipinski definition) is 4. The van der Waals surface area contributed by atoms with Crippen molar-refractivity contribution >= 4 is 53.1 Å². The zero-order valence-electron chi connectivity index (χ0n) is 36.3. The fraction of sp³-hybridized carbons (Fsp3) is 0.522. The Morgan fingerprint density at radius 1 is 0.875 bits per heavy atom. The number of ether oxygens (including phenoxy) is 1. The molecule has 7 rings (SSSR count). The van der Waals surface area contributed by atoms with Gasteiger partial charge in [0.25, 0.3) is 11.8 Å². The molecule has 17 nitrogen and oxygen atoms in total. The van der Waals surface area contributed by atoms with Gasteiger partial charge < -0.3 is 30.5 Å². The molecular weight excluding hydrogens is 828 g/mol. The predicted octanol–water partition coefficient (Wildman–Crippen LogP) is 2.50. The van der Waals surface area contributed by atoms with Crippen molar-refractivity contribution in [2.45, 2.75) is 83.5 Å². The monoisotopic (exact) mass is 884 g/mol. The Morgan fingerprint density at radius 3 is 2.23 bits per heavy atom. The standard InChI is InChI=1S/C46H57FN8O9/c1-28(2)22-36(50-46(63)64-27-30-6-4-3-5-7-30)42(59)49-32(23-31-12-15-48-41(31)58)8-11-40(57)54-20-18-52(19-21-54)26-29-13-16-53(17-14-29)38-25-34-33(24-35(38)47)44(61)55(45(34)62)37-9-10-39(56)51-43(37)60/h3-8,11,24-25,28-29,31-32,36-37H,9-10,12-23,26-27H2,1-2H3,(H,48,58)(H,49,59)(H,50,63)(H,51,56,60)/b11-8+/t31-,32+,36-,37?/m0/s1. The van der Waals surface area contributed by atoms with E-state index in [-0.39, 0.29) is 59.9 Å². The van der Waals surface area contributed by atoms with Gasteiger partial charge in [0.2, 0.25) is 29.5 Å². The molecule has 0 saturated carbocycles. The van der Waals surface area contributed by atoms with Crippen molar-refractivity contribution in [3.05, 3.63) is 77.1 Å². The number of nitrogens with one attached hydrogen (secondary N) is 4. The van der Waals surface area contributed by atoms with Crippen LogP contribution in [0.5, 0.6) is 0 Å². The Kier molecular flexibility index (Phi) is 14.7. The lowest BCUT2D eigenvalue weighted by atomic mass is 9.95. The van der Waals surface area contributed by atoms with E-state index in [9.17, 15) is 38.4 Å². The average molecular weight is 885 g/mol. The first-order valence-corrected chi connectivity index (χ1v) is 22.3. The van der Waals surface area contributed by atoms with E-state index in [1.54, 1.807) is 11.0 Å². The molecule has 0 radical (unpaired) electrons. The van der Waals surface area contributed by atoms with Crippen LogP contribution in [0.4, 0.5) is 14.9 Å². The maximum absolute atomic E-state index is 15.5. The number of carbonyl (C=O) groups excluding carboxylic acids is 8. The number of carbonyl (C=O) groups is 8. The molecule has 0 spiro atoms. The van der Waals surface area contributed by atoms with Crippen molar-refractivity contribution in [2.75, 3.05) is 57.3 Å². The second-order valence-corrected chi connectivity index (χ2v) is 17.7. The number of anilines is 1. The number of piperidine rings is 2. The number of benzene rings is 2. The van der Waals surface area contributed by atoms with E-state index in [0.717, 1.165) is 35.9 Å². The summed E-state index contributed by atoms with van der Waals surface area (Å²) in [7, 11) is 0. The number of halogens is 1. The molecule has 1 unspecified atom stereocenters. The summed E-state index contributed by atoms with van der Waals surface area (Å²) < 4.78 is 20.9. The lowest BCUT2D eigenvalue weighted by molar-refractivity contribution is -0.136. The fourth-order valence-electron chi connectivity index (χ4n) is 9.15. The fourth-order valence-corrected chi connectivity index (χ4v) is 9.15. The third kappa shape index (κ3) is 11.1. The number of rotatable bonds is 15. The first-order chi connectivity index (χ1) is 30.7. The van der Waals surface area contributed by atoms with E-state index in [0.29, 0.717) is 71.0 Å². The predicted molar refractivity (Wildman–Crippen MR) is 231 cm³/mol. The van der Waals surface area contributed by atoms with Crippen LogP contribution in [0.15, 0.2) is 54.6 Å². The van der Waals surface area contributed by atoms with E-state index >= 15 is 4.39 Å². The van der Waals surface area contributed by atoms with Crippen LogP contribution in [0, 0.1) is 23.6 Å². The minimum atomic E-state index is -1.13.